The first-order chi connectivity index (χ1) is 6.77. The summed E-state index contributed by atoms with van der Waals surface area (Å²) in [6, 6.07) is 1.61. The number of anilines is 1. The molecule has 1 aromatic rings. The first-order valence-corrected chi connectivity index (χ1v) is 4.73. The summed E-state index contributed by atoms with van der Waals surface area (Å²) in [5.41, 5.74) is 5.06. The van der Waals surface area contributed by atoms with Crippen LogP contribution in [-0.2, 0) is 4.74 Å². The zero-order valence-corrected chi connectivity index (χ0v) is 7.85. The van der Waals surface area contributed by atoms with E-state index in [4.69, 9.17) is 10.5 Å². The number of nitrogen functional groups attached to an aromatic ring is 1. The Labute approximate surface area is 81.5 Å². The molecule has 1 aromatic heterocycles. The highest BCUT2D eigenvalue weighted by Crippen LogP contribution is 2.20. The van der Waals surface area contributed by atoms with Crippen LogP contribution in [0.15, 0.2) is 17.1 Å². The van der Waals surface area contributed by atoms with Crippen molar-refractivity contribution in [1.82, 2.24) is 9.55 Å². The Morgan fingerprint density at radius 1 is 1.57 bits per heavy atom. The van der Waals surface area contributed by atoms with Crippen molar-refractivity contribution >= 4 is 5.82 Å². The second-order valence-electron chi connectivity index (χ2n) is 3.36. The van der Waals surface area contributed by atoms with Gasteiger partial charge in [-0.15, -0.1) is 0 Å². The lowest BCUT2D eigenvalue weighted by molar-refractivity contribution is -0.0348. The van der Waals surface area contributed by atoms with Gasteiger partial charge in [-0.3, -0.25) is 4.57 Å². The van der Waals surface area contributed by atoms with Crippen molar-refractivity contribution < 1.29 is 4.74 Å². The Hall–Kier alpha value is -1.36. The van der Waals surface area contributed by atoms with E-state index in [1.807, 2.05) is 0 Å². The molecule has 0 bridgehead atoms. The lowest BCUT2D eigenvalue weighted by Crippen LogP contribution is -2.30. The van der Waals surface area contributed by atoms with Gasteiger partial charge in [0.15, 0.2) is 0 Å². The lowest BCUT2D eigenvalue weighted by atomic mass is 10.2. The van der Waals surface area contributed by atoms with E-state index in [9.17, 15) is 4.79 Å². The van der Waals surface area contributed by atoms with Gasteiger partial charge in [-0.25, -0.2) is 4.79 Å². The van der Waals surface area contributed by atoms with Gasteiger partial charge in [-0.1, -0.05) is 0 Å². The summed E-state index contributed by atoms with van der Waals surface area (Å²) in [5, 5.41) is 0. The molecule has 0 unspecified atom stereocenters. The minimum absolute atomic E-state index is 0.163. The van der Waals surface area contributed by atoms with Crippen LogP contribution in [0.3, 0.4) is 0 Å². The van der Waals surface area contributed by atoms with Crippen molar-refractivity contribution in [3.8, 4) is 0 Å². The Morgan fingerprint density at radius 2 is 2.43 bits per heavy atom. The van der Waals surface area contributed by atoms with Gasteiger partial charge in [-0.2, -0.15) is 4.98 Å². The van der Waals surface area contributed by atoms with Crippen molar-refractivity contribution in [2.75, 3.05) is 12.3 Å². The first kappa shape index (κ1) is 9.21. The molecule has 0 aliphatic carbocycles. The third-order valence-electron chi connectivity index (χ3n) is 2.32. The van der Waals surface area contributed by atoms with Crippen molar-refractivity contribution in [3.05, 3.63) is 22.7 Å². The Bertz CT molecular complexity index is 369. The van der Waals surface area contributed by atoms with Gasteiger partial charge in [0.1, 0.15) is 12.0 Å². The molecule has 5 nitrogen and oxygen atoms in total. The predicted molar refractivity (Wildman–Crippen MR) is 51.7 cm³/mol. The topological polar surface area (TPSA) is 70.1 Å². The highest BCUT2D eigenvalue weighted by Gasteiger charge is 2.16. The van der Waals surface area contributed by atoms with Crippen molar-refractivity contribution in [1.29, 1.82) is 0 Å². The van der Waals surface area contributed by atoms with Gasteiger partial charge in [-0.05, 0) is 25.3 Å². The number of aromatic nitrogens is 2. The molecule has 0 radical (unpaired) electrons. The van der Waals surface area contributed by atoms with Gasteiger partial charge in [0.2, 0.25) is 0 Å². The van der Waals surface area contributed by atoms with Gasteiger partial charge in [0, 0.05) is 12.8 Å². The summed E-state index contributed by atoms with van der Waals surface area (Å²) in [6.07, 6.45) is 4.49. The van der Waals surface area contributed by atoms with Gasteiger partial charge < -0.3 is 10.5 Å². The molecule has 1 fully saturated rings. The molecule has 5 heteroatoms. The average molecular weight is 195 g/mol. The molecule has 2 N–H and O–H groups in total. The van der Waals surface area contributed by atoms with Crippen LogP contribution in [0.25, 0.3) is 0 Å². The van der Waals surface area contributed by atoms with Crippen LogP contribution in [0.2, 0.25) is 0 Å². The minimum Gasteiger partial charge on any atom is -0.383 e. The number of hydrogen-bond donors (Lipinski definition) is 1. The molecule has 0 spiro atoms. The number of rotatable bonds is 1. The lowest BCUT2D eigenvalue weighted by Gasteiger charge is -2.23. The molecule has 2 heterocycles. The molecule has 0 amide bonds. The molecule has 0 aromatic carbocycles. The quantitative estimate of drug-likeness (QED) is 0.709. The average Bonchev–Trinajstić information content (AvgIpc) is 2.19. The molecule has 14 heavy (non-hydrogen) atoms. The zero-order chi connectivity index (χ0) is 9.97. The predicted octanol–water partition coefficient (Wildman–Crippen LogP) is 0.525. The summed E-state index contributed by atoms with van der Waals surface area (Å²) >= 11 is 0. The molecule has 1 saturated heterocycles. The van der Waals surface area contributed by atoms with E-state index < -0.39 is 0 Å². The summed E-state index contributed by atoms with van der Waals surface area (Å²) in [7, 11) is 0. The van der Waals surface area contributed by atoms with Crippen LogP contribution in [0.5, 0.6) is 0 Å². The fourth-order valence-corrected chi connectivity index (χ4v) is 1.59. The molecule has 1 aliphatic rings. The third kappa shape index (κ3) is 1.77. The van der Waals surface area contributed by atoms with E-state index in [0.29, 0.717) is 6.61 Å². The van der Waals surface area contributed by atoms with E-state index in [0.717, 1.165) is 19.3 Å². The fraction of sp³-hybridized carbons (Fsp3) is 0.556. The van der Waals surface area contributed by atoms with Crippen molar-refractivity contribution in [2.45, 2.75) is 25.5 Å². The fourth-order valence-electron chi connectivity index (χ4n) is 1.59. The van der Waals surface area contributed by atoms with Gasteiger partial charge >= 0.3 is 5.69 Å². The van der Waals surface area contributed by atoms with Crippen LogP contribution in [0.1, 0.15) is 25.5 Å². The molecular formula is C9H13N3O2. The normalized spacial score (nSPS) is 22.1. The summed E-state index contributed by atoms with van der Waals surface area (Å²) < 4.78 is 6.96. The standard InChI is InChI=1S/C9H13N3O2/c10-7-4-5-12(9(13)11-7)8-3-1-2-6-14-8/h4-5,8H,1-3,6H2,(H2,10,11,13)/t8-/m0/s1. The Balaban J connectivity index is 2.26. The third-order valence-corrected chi connectivity index (χ3v) is 2.32. The second kappa shape index (κ2) is 3.79. The summed E-state index contributed by atoms with van der Waals surface area (Å²) in [5.74, 6) is 0.252. The van der Waals surface area contributed by atoms with E-state index >= 15 is 0 Å². The largest absolute Gasteiger partial charge is 0.383 e. The molecule has 0 saturated carbocycles. The van der Waals surface area contributed by atoms with E-state index in [2.05, 4.69) is 4.98 Å². The van der Waals surface area contributed by atoms with Crippen LogP contribution in [0.4, 0.5) is 5.82 Å². The molecule has 2 rings (SSSR count). The summed E-state index contributed by atoms with van der Waals surface area (Å²) in [6.45, 7) is 0.710. The van der Waals surface area contributed by atoms with Crippen LogP contribution < -0.4 is 11.4 Å². The molecule has 76 valence electrons. The molecular weight excluding hydrogens is 182 g/mol. The van der Waals surface area contributed by atoms with Crippen LogP contribution in [0, 0.1) is 0 Å². The van der Waals surface area contributed by atoms with Crippen LogP contribution in [-0.4, -0.2) is 16.2 Å². The van der Waals surface area contributed by atoms with E-state index in [1.54, 1.807) is 12.3 Å². The number of hydrogen-bond acceptors (Lipinski definition) is 4. The van der Waals surface area contributed by atoms with Crippen LogP contribution >= 0.6 is 0 Å². The highest BCUT2D eigenvalue weighted by atomic mass is 16.5. The maximum atomic E-state index is 11.4. The maximum Gasteiger partial charge on any atom is 0.351 e. The molecule has 1 atom stereocenters. The number of nitrogens with zero attached hydrogens (tertiary/aromatic N) is 2. The van der Waals surface area contributed by atoms with Gasteiger partial charge in [0.25, 0.3) is 0 Å². The minimum atomic E-state index is -0.336. The van der Waals surface area contributed by atoms with Crippen molar-refractivity contribution in [3.63, 3.8) is 0 Å². The van der Waals surface area contributed by atoms with E-state index in [-0.39, 0.29) is 17.7 Å². The monoisotopic (exact) mass is 195 g/mol. The maximum absolute atomic E-state index is 11.4. The number of ether oxygens (including phenoxy) is 1. The van der Waals surface area contributed by atoms with Crippen molar-refractivity contribution in [2.24, 2.45) is 0 Å². The Kier molecular flexibility index (Phi) is 2.49. The summed E-state index contributed by atoms with van der Waals surface area (Å²) in [4.78, 5) is 15.1. The van der Waals surface area contributed by atoms with Gasteiger partial charge in [0.05, 0.1) is 0 Å². The smallest absolute Gasteiger partial charge is 0.351 e. The number of nitrogens with two attached hydrogens (primary N) is 1. The zero-order valence-electron chi connectivity index (χ0n) is 7.85. The Morgan fingerprint density at radius 3 is 3.07 bits per heavy atom. The second-order valence-corrected chi connectivity index (χ2v) is 3.36. The molecule has 1 aliphatic heterocycles. The SMILES string of the molecule is Nc1ccn([C@@H]2CCCCO2)c(=O)n1. The first-order valence-electron chi connectivity index (χ1n) is 4.73. The highest BCUT2D eigenvalue weighted by molar-refractivity contribution is 5.23. The van der Waals surface area contributed by atoms with E-state index in [1.165, 1.54) is 4.57 Å².